The number of hydrogen-bond donors (Lipinski definition) is 2. The minimum Gasteiger partial charge on any atom is -0.355 e. The summed E-state index contributed by atoms with van der Waals surface area (Å²) in [5, 5.41) is 4.66. The maximum atomic E-state index is 13.5. The summed E-state index contributed by atoms with van der Waals surface area (Å²) in [5.74, 6) is 0.617. The predicted molar refractivity (Wildman–Crippen MR) is 123 cm³/mol. The Hall–Kier alpha value is -2.85. The van der Waals surface area contributed by atoms with E-state index < -0.39 is 0 Å². The van der Waals surface area contributed by atoms with Crippen LogP contribution < -0.4 is 5.32 Å². The Kier molecular flexibility index (Phi) is 4.75. The highest BCUT2D eigenvalue weighted by Gasteiger charge is 2.33. The molecule has 3 heterocycles. The Balaban J connectivity index is 1.46. The number of benzene rings is 2. The van der Waals surface area contributed by atoms with Crippen LogP contribution in [0, 0.1) is 0 Å². The zero-order valence-electron chi connectivity index (χ0n) is 17.7. The van der Waals surface area contributed by atoms with Crippen molar-refractivity contribution in [2.45, 2.75) is 38.0 Å². The molecular weight excluding hydrogens is 370 g/mol. The number of hydrogen-bond acceptors (Lipinski definition) is 2. The number of carbonyl (C=O) groups excluding carboxylic acids is 1. The molecule has 0 atom stereocenters. The zero-order valence-corrected chi connectivity index (χ0v) is 17.7. The van der Waals surface area contributed by atoms with Crippen molar-refractivity contribution in [1.82, 2.24) is 15.2 Å². The van der Waals surface area contributed by atoms with Crippen LogP contribution in [-0.4, -0.2) is 35.4 Å². The molecule has 0 aliphatic carbocycles. The van der Waals surface area contributed by atoms with Gasteiger partial charge in [0.2, 0.25) is 0 Å². The van der Waals surface area contributed by atoms with E-state index in [1.165, 1.54) is 16.5 Å². The van der Waals surface area contributed by atoms with Crippen LogP contribution in [-0.2, 0) is 5.41 Å². The van der Waals surface area contributed by atoms with Crippen molar-refractivity contribution in [2.24, 2.45) is 0 Å². The first kappa shape index (κ1) is 19.1. The second-order valence-corrected chi connectivity index (χ2v) is 9.24. The fourth-order valence-electron chi connectivity index (χ4n) is 5.13. The fourth-order valence-corrected chi connectivity index (χ4v) is 5.13. The molecule has 0 unspecified atom stereocenters. The molecule has 2 aliphatic heterocycles. The van der Waals surface area contributed by atoms with Gasteiger partial charge in [-0.25, -0.2) is 0 Å². The first-order chi connectivity index (χ1) is 14.5. The van der Waals surface area contributed by atoms with Gasteiger partial charge >= 0.3 is 0 Å². The summed E-state index contributed by atoms with van der Waals surface area (Å²) in [6.45, 7) is 7.21. The molecule has 5 rings (SSSR count). The largest absolute Gasteiger partial charge is 0.355 e. The fraction of sp³-hybridized carbons (Fsp3) is 0.346. The summed E-state index contributed by atoms with van der Waals surface area (Å²) in [5.41, 5.74) is 5.43. The number of carbonyl (C=O) groups is 1. The monoisotopic (exact) mass is 399 g/mol. The molecule has 4 heteroatoms. The van der Waals surface area contributed by atoms with E-state index in [2.05, 4.69) is 66.6 Å². The maximum Gasteiger partial charge on any atom is 0.257 e. The smallest absolute Gasteiger partial charge is 0.257 e. The average molecular weight is 400 g/mol. The highest BCUT2D eigenvalue weighted by atomic mass is 16.2. The third-order valence-corrected chi connectivity index (χ3v) is 6.60. The Morgan fingerprint density at radius 3 is 2.70 bits per heavy atom. The van der Waals surface area contributed by atoms with Crippen molar-refractivity contribution in [3.63, 3.8) is 0 Å². The van der Waals surface area contributed by atoms with Gasteiger partial charge in [0.1, 0.15) is 0 Å². The molecule has 4 nitrogen and oxygen atoms in total. The topological polar surface area (TPSA) is 48.1 Å². The van der Waals surface area contributed by atoms with E-state index in [-0.39, 0.29) is 11.3 Å². The lowest BCUT2D eigenvalue weighted by molar-refractivity contribution is 0.0801. The Labute approximate surface area is 178 Å². The second kappa shape index (κ2) is 7.44. The quantitative estimate of drug-likeness (QED) is 0.634. The molecule has 30 heavy (non-hydrogen) atoms. The van der Waals surface area contributed by atoms with Crippen LogP contribution in [0.5, 0.6) is 0 Å². The summed E-state index contributed by atoms with van der Waals surface area (Å²) in [7, 11) is 0. The summed E-state index contributed by atoms with van der Waals surface area (Å²) >= 11 is 0. The summed E-state index contributed by atoms with van der Waals surface area (Å²) in [4.78, 5) is 18.9. The lowest BCUT2D eigenvalue weighted by atomic mass is 9.82. The lowest BCUT2D eigenvalue weighted by Gasteiger charge is -2.30. The molecule has 2 aliphatic rings. The van der Waals surface area contributed by atoms with Gasteiger partial charge in [-0.15, -0.1) is 0 Å². The number of nitrogens with one attached hydrogen (secondary N) is 2. The molecule has 3 aromatic rings. The highest BCUT2D eigenvalue weighted by Crippen LogP contribution is 2.37. The third-order valence-electron chi connectivity index (χ3n) is 6.60. The molecule has 1 amide bonds. The van der Waals surface area contributed by atoms with Crippen LogP contribution in [0.4, 0.5) is 0 Å². The van der Waals surface area contributed by atoms with Crippen LogP contribution in [0.15, 0.2) is 54.7 Å². The summed E-state index contributed by atoms with van der Waals surface area (Å²) in [6, 6.07) is 16.7. The van der Waals surface area contributed by atoms with Gasteiger partial charge < -0.3 is 15.2 Å². The van der Waals surface area contributed by atoms with Gasteiger partial charge in [-0.3, -0.25) is 4.79 Å². The molecule has 0 saturated carbocycles. The summed E-state index contributed by atoms with van der Waals surface area (Å²) < 4.78 is 0. The van der Waals surface area contributed by atoms with Gasteiger partial charge in [0.15, 0.2) is 0 Å². The van der Waals surface area contributed by atoms with Gasteiger partial charge in [-0.05, 0) is 67.3 Å². The van der Waals surface area contributed by atoms with Gasteiger partial charge in [-0.1, -0.05) is 44.2 Å². The van der Waals surface area contributed by atoms with Gasteiger partial charge in [-0.2, -0.15) is 0 Å². The number of aromatic amines is 1. The van der Waals surface area contributed by atoms with E-state index in [1.54, 1.807) is 0 Å². The van der Waals surface area contributed by atoms with Gasteiger partial charge in [0.25, 0.3) is 5.91 Å². The molecule has 1 fully saturated rings. The van der Waals surface area contributed by atoms with E-state index >= 15 is 0 Å². The molecule has 1 aromatic heterocycles. The number of piperidine rings is 1. The number of fused-ring (bicyclic) bond motifs is 3. The molecule has 0 bridgehead atoms. The minimum absolute atomic E-state index is 0.0737. The molecule has 0 radical (unpaired) electrons. The van der Waals surface area contributed by atoms with Crippen molar-refractivity contribution in [2.75, 3.05) is 19.6 Å². The number of amides is 1. The Morgan fingerprint density at radius 2 is 1.87 bits per heavy atom. The van der Waals surface area contributed by atoms with Crippen molar-refractivity contribution < 1.29 is 4.79 Å². The molecular formula is C26H29N3O. The van der Waals surface area contributed by atoms with Gasteiger partial charge in [0, 0.05) is 40.3 Å². The molecule has 2 N–H and O–H groups in total. The number of aromatic nitrogens is 1. The van der Waals surface area contributed by atoms with Crippen LogP contribution in [0.2, 0.25) is 0 Å². The first-order valence-corrected chi connectivity index (χ1v) is 10.9. The molecule has 0 spiro atoms. The molecule has 2 aromatic carbocycles. The summed E-state index contributed by atoms with van der Waals surface area (Å²) in [6.07, 6.45) is 6.27. The van der Waals surface area contributed by atoms with E-state index in [0.29, 0.717) is 12.5 Å². The van der Waals surface area contributed by atoms with Crippen molar-refractivity contribution in [1.29, 1.82) is 0 Å². The van der Waals surface area contributed by atoms with Crippen molar-refractivity contribution in [3.8, 4) is 0 Å². The number of rotatable bonds is 2. The predicted octanol–water partition coefficient (Wildman–Crippen LogP) is 5.04. The standard InChI is InChI=1S/C26H29N3O/c1-26(2)17-29(15-12-23-24(26)21-8-3-4-9-22(21)28-23)25(30)20-7-5-6-19(16-20)18-10-13-27-14-11-18/h3-9,12,15-16,18,27-28H,10-11,13-14,17H2,1-2H3. The van der Waals surface area contributed by atoms with Crippen molar-refractivity contribution >= 4 is 22.9 Å². The SMILES string of the molecule is CC1(C)CN(C(=O)c2cccc(C3CCNCC3)c2)C=Cc2[nH]c3ccccc3c21. The molecule has 1 saturated heterocycles. The lowest BCUT2D eigenvalue weighted by Crippen LogP contribution is -2.37. The van der Waals surface area contributed by atoms with E-state index in [0.717, 1.165) is 42.7 Å². The maximum absolute atomic E-state index is 13.5. The van der Waals surface area contributed by atoms with Crippen LogP contribution in [0.3, 0.4) is 0 Å². The number of para-hydroxylation sites is 1. The Morgan fingerprint density at radius 1 is 1.07 bits per heavy atom. The van der Waals surface area contributed by atoms with E-state index in [9.17, 15) is 4.79 Å². The average Bonchev–Trinajstić information content (AvgIpc) is 3.10. The normalized spacial score (nSPS) is 18.9. The van der Waals surface area contributed by atoms with Crippen LogP contribution in [0.25, 0.3) is 17.0 Å². The second-order valence-electron chi connectivity index (χ2n) is 9.24. The first-order valence-electron chi connectivity index (χ1n) is 10.9. The molecule has 154 valence electrons. The van der Waals surface area contributed by atoms with Crippen molar-refractivity contribution in [3.05, 3.63) is 77.1 Å². The number of nitrogens with zero attached hydrogens (tertiary/aromatic N) is 1. The van der Waals surface area contributed by atoms with Gasteiger partial charge in [0.05, 0.1) is 0 Å². The minimum atomic E-state index is -0.166. The third kappa shape index (κ3) is 3.35. The van der Waals surface area contributed by atoms with Crippen LogP contribution in [0.1, 0.15) is 59.8 Å². The Bertz CT molecular complexity index is 1120. The number of H-pyrrole nitrogens is 1. The van der Waals surface area contributed by atoms with Crippen LogP contribution >= 0.6 is 0 Å². The van der Waals surface area contributed by atoms with E-state index in [4.69, 9.17) is 0 Å². The zero-order chi connectivity index (χ0) is 20.7. The highest BCUT2D eigenvalue weighted by molar-refractivity contribution is 5.96. The van der Waals surface area contributed by atoms with E-state index in [1.807, 2.05) is 23.2 Å².